The fourth-order valence-corrected chi connectivity index (χ4v) is 8.26. The molecule has 4 aliphatic carbocycles. The van der Waals surface area contributed by atoms with E-state index in [-0.39, 0.29) is 11.9 Å². The van der Waals surface area contributed by atoms with Gasteiger partial charge in [-0.25, -0.2) is 0 Å². The second-order valence-corrected chi connectivity index (χ2v) is 10.4. The van der Waals surface area contributed by atoms with E-state index in [0.717, 1.165) is 37.0 Å². The molecule has 4 rings (SSSR count). The van der Waals surface area contributed by atoms with Crippen molar-refractivity contribution in [3.8, 4) is 0 Å². The SMILES string of the molecule is COC(=O)[C@H](C)[C@H]1CC[C@H]2[C@@H]3CC[C@H]4CC(=O)CC[C@]4(C)[C@H]3CC[C@]12C. The number of hydrogen-bond acceptors (Lipinski definition) is 3. The van der Waals surface area contributed by atoms with Gasteiger partial charge in [0.25, 0.3) is 0 Å². The minimum absolute atomic E-state index is 0.0192. The molecule has 3 heteroatoms. The van der Waals surface area contributed by atoms with Crippen LogP contribution in [0.25, 0.3) is 0 Å². The van der Waals surface area contributed by atoms with Gasteiger partial charge in [-0.15, -0.1) is 0 Å². The molecule has 146 valence electrons. The topological polar surface area (TPSA) is 43.4 Å². The van der Waals surface area contributed by atoms with Crippen LogP contribution in [0.4, 0.5) is 0 Å². The Hall–Kier alpha value is -0.860. The molecule has 0 N–H and O–H groups in total. The van der Waals surface area contributed by atoms with Gasteiger partial charge in [0, 0.05) is 12.8 Å². The summed E-state index contributed by atoms with van der Waals surface area (Å²) in [5.41, 5.74) is 0.673. The van der Waals surface area contributed by atoms with Crippen LogP contribution in [0.15, 0.2) is 0 Å². The Morgan fingerprint density at radius 2 is 1.77 bits per heavy atom. The monoisotopic (exact) mass is 360 g/mol. The number of Topliss-reactive ketones (excluding diaryl/α,β-unsaturated/α-hetero) is 1. The standard InChI is InChI=1S/C23H36O3/c1-14(21(25)26-4)18-7-8-19-17-6-5-15-13-16(24)9-11-22(15,2)20(17)10-12-23(18,19)3/h14-15,17-20H,5-13H2,1-4H3/t14-,15+,17+,18-,19+,20+,22+,23-/m1/s1. The van der Waals surface area contributed by atoms with Gasteiger partial charge in [-0.3, -0.25) is 9.59 Å². The zero-order valence-corrected chi connectivity index (χ0v) is 17.1. The lowest BCUT2D eigenvalue weighted by Gasteiger charge is -2.60. The average molecular weight is 361 g/mol. The molecule has 0 saturated heterocycles. The van der Waals surface area contributed by atoms with Crippen molar-refractivity contribution in [2.45, 2.75) is 78.6 Å². The molecule has 0 aromatic rings. The Labute approximate surface area is 158 Å². The van der Waals surface area contributed by atoms with Crippen molar-refractivity contribution in [3.05, 3.63) is 0 Å². The first kappa shape index (κ1) is 18.5. The van der Waals surface area contributed by atoms with E-state index in [2.05, 4.69) is 20.8 Å². The highest BCUT2D eigenvalue weighted by atomic mass is 16.5. The summed E-state index contributed by atoms with van der Waals surface area (Å²) in [5, 5.41) is 0. The summed E-state index contributed by atoms with van der Waals surface area (Å²) in [6.07, 6.45) is 10.3. The maximum absolute atomic E-state index is 12.2. The second-order valence-electron chi connectivity index (χ2n) is 10.4. The third kappa shape index (κ3) is 2.52. The van der Waals surface area contributed by atoms with Crippen LogP contribution < -0.4 is 0 Å². The molecular formula is C23H36O3. The van der Waals surface area contributed by atoms with Gasteiger partial charge in [0.1, 0.15) is 5.78 Å². The quantitative estimate of drug-likeness (QED) is 0.649. The van der Waals surface area contributed by atoms with E-state index in [1.165, 1.54) is 45.6 Å². The van der Waals surface area contributed by atoms with E-state index < -0.39 is 0 Å². The predicted molar refractivity (Wildman–Crippen MR) is 101 cm³/mol. The molecule has 0 spiro atoms. The number of hydrogen-bond donors (Lipinski definition) is 0. The minimum atomic E-state index is -0.0274. The zero-order valence-electron chi connectivity index (χ0n) is 17.1. The lowest BCUT2D eigenvalue weighted by molar-refractivity contribution is -0.152. The fourth-order valence-electron chi connectivity index (χ4n) is 8.26. The molecule has 0 heterocycles. The number of fused-ring (bicyclic) bond motifs is 5. The van der Waals surface area contributed by atoms with Gasteiger partial charge in [0.15, 0.2) is 0 Å². The zero-order chi connectivity index (χ0) is 18.7. The highest BCUT2D eigenvalue weighted by Crippen LogP contribution is 2.68. The normalized spacial score (nSPS) is 48.9. The van der Waals surface area contributed by atoms with Crippen molar-refractivity contribution in [3.63, 3.8) is 0 Å². The van der Waals surface area contributed by atoms with Crippen molar-refractivity contribution in [2.75, 3.05) is 7.11 Å². The van der Waals surface area contributed by atoms with Crippen molar-refractivity contribution < 1.29 is 14.3 Å². The first-order chi connectivity index (χ1) is 12.3. The van der Waals surface area contributed by atoms with E-state index in [0.29, 0.717) is 28.4 Å². The van der Waals surface area contributed by atoms with E-state index in [9.17, 15) is 9.59 Å². The number of ether oxygens (including phenoxy) is 1. The Kier molecular flexibility index (Phi) is 4.51. The van der Waals surface area contributed by atoms with Crippen molar-refractivity contribution in [2.24, 2.45) is 46.3 Å². The maximum Gasteiger partial charge on any atom is 0.308 e. The Bertz CT molecular complexity index is 598. The number of ketones is 1. The molecule has 3 nitrogen and oxygen atoms in total. The van der Waals surface area contributed by atoms with E-state index in [1.807, 2.05) is 0 Å². The van der Waals surface area contributed by atoms with Crippen molar-refractivity contribution in [1.82, 2.24) is 0 Å². The number of carbonyl (C=O) groups excluding carboxylic acids is 2. The van der Waals surface area contributed by atoms with Crippen LogP contribution in [-0.4, -0.2) is 18.9 Å². The van der Waals surface area contributed by atoms with Crippen LogP contribution in [0.1, 0.15) is 78.6 Å². The van der Waals surface area contributed by atoms with Gasteiger partial charge in [0.2, 0.25) is 0 Å². The lowest BCUT2D eigenvalue weighted by atomic mass is 9.44. The summed E-state index contributed by atoms with van der Waals surface area (Å²) in [5.74, 6) is 3.94. The Balaban J connectivity index is 1.58. The number of methoxy groups -OCH3 is 1. The van der Waals surface area contributed by atoms with Crippen LogP contribution in [0, 0.1) is 46.3 Å². The first-order valence-corrected chi connectivity index (χ1v) is 10.9. The van der Waals surface area contributed by atoms with Crippen molar-refractivity contribution >= 4 is 11.8 Å². The molecule has 4 saturated carbocycles. The first-order valence-electron chi connectivity index (χ1n) is 10.9. The molecular weight excluding hydrogens is 324 g/mol. The van der Waals surface area contributed by atoms with Gasteiger partial charge in [0.05, 0.1) is 13.0 Å². The molecule has 8 atom stereocenters. The summed E-state index contributed by atoms with van der Waals surface area (Å²) < 4.78 is 5.08. The highest BCUT2D eigenvalue weighted by Gasteiger charge is 2.61. The Morgan fingerprint density at radius 3 is 2.50 bits per heavy atom. The summed E-state index contributed by atoms with van der Waals surface area (Å²) >= 11 is 0. The molecule has 4 fully saturated rings. The van der Waals surface area contributed by atoms with Crippen LogP contribution in [0.2, 0.25) is 0 Å². The fraction of sp³-hybridized carbons (Fsp3) is 0.913. The number of rotatable bonds is 2. The van der Waals surface area contributed by atoms with Gasteiger partial charge in [-0.1, -0.05) is 20.8 Å². The third-order valence-corrected chi connectivity index (χ3v) is 9.73. The summed E-state index contributed by atoms with van der Waals surface area (Å²) in [6.45, 7) is 7.07. The third-order valence-electron chi connectivity index (χ3n) is 9.73. The molecule has 0 radical (unpaired) electrons. The van der Waals surface area contributed by atoms with E-state index in [4.69, 9.17) is 4.74 Å². The van der Waals surface area contributed by atoms with Crippen molar-refractivity contribution in [1.29, 1.82) is 0 Å². The summed E-state index contributed by atoms with van der Waals surface area (Å²) in [4.78, 5) is 24.2. The molecule has 4 aliphatic rings. The smallest absolute Gasteiger partial charge is 0.308 e. The molecule has 26 heavy (non-hydrogen) atoms. The lowest BCUT2D eigenvalue weighted by Crippen LogP contribution is -2.54. The Morgan fingerprint density at radius 1 is 1.04 bits per heavy atom. The van der Waals surface area contributed by atoms with Crippen LogP contribution in [0.3, 0.4) is 0 Å². The molecule has 0 amide bonds. The molecule has 0 aromatic carbocycles. The summed E-state index contributed by atoms with van der Waals surface area (Å²) in [7, 11) is 1.52. The number of carbonyl (C=O) groups is 2. The van der Waals surface area contributed by atoms with Gasteiger partial charge < -0.3 is 4.74 Å². The van der Waals surface area contributed by atoms with Crippen LogP contribution in [0.5, 0.6) is 0 Å². The minimum Gasteiger partial charge on any atom is -0.469 e. The van der Waals surface area contributed by atoms with Gasteiger partial charge >= 0.3 is 5.97 Å². The van der Waals surface area contributed by atoms with Crippen LogP contribution >= 0.6 is 0 Å². The molecule has 0 unspecified atom stereocenters. The van der Waals surface area contributed by atoms with E-state index >= 15 is 0 Å². The molecule has 0 aliphatic heterocycles. The largest absolute Gasteiger partial charge is 0.469 e. The van der Waals surface area contributed by atoms with Gasteiger partial charge in [-0.05, 0) is 85.4 Å². The maximum atomic E-state index is 12.2. The number of esters is 1. The average Bonchev–Trinajstić information content (AvgIpc) is 2.98. The molecule has 0 bridgehead atoms. The van der Waals surface area contributed by atoms with E-state index in [1.54, 1.807) is 0 Å². The summed E-state index contributed by atoms with van der Waals surface area (Å²) in [6, 6.07) is 0. The predicted octanol–water partition coefficient (Wildman–Crippen LogP) is 5.02. The van der Waals surface area contributed by atoms with Gasteiger partial charge in [-0.2, -0.15) is 0 Å². The second kappa shape index (κ2) is 6.34. The molecule has 0 aromatic heterocycles. The highest BCUT2D eigenvalue weighted by molar-refractivity contribution is 5.79. The van der Waals surface area contributed by atoms with Crippen LogP contribution in [-0.2, 0) is 14.3 Å².